The third-order valence-electron chi connectivity index (χ3n) is 5.63. The van der Waals surface area contributed by atoms with E-state index in [4.69, 9.17) is 21.1 Å². The molecule has 0 unspecified atom stereocenters. The van der Waals surface area contributed by atoms with E-state index in [0.717, 1.165) is 5.56 Å². The van der Waals surface area contributed by atoms with Crippen molar-refractivity contribution in [2.45, 2.75) is 36.6 Å². The Bertz CT molecular complexity index is 1080. The second-order valence-corrected chi connectivity index (χ2v) is 8.28. The standard InChI is InChI=1S/C24H24ClNO7/c25-19-6-3-16(24(31)23(30)22(29)21(28)20(13-27)33-24)12-15(19)11-14-1-4-17(5-2-14)32-18-7-9-26-10-8-18/h1-10,12,20-23,27-31H,11,13H2/t20-,21-,22+,23-,24-/m1/s1. The molecule has 8 nitrogen and oxygen atoms in total. The first kappa shape index (κ1) is 23.6. The summed E-state index contributed by atoms with van der Waals surface area (Å²) in [4.78, 5) is 3.95. The zero-order valence-electron chi connectivity index (χ0n) is 17.5. The Labute approximate surface area is 195 Å². The summed E-state index contributed by atoms with van der Waals surface area (Å²) < 4.78 is 11.2. The van der Waals surface area contributed by atoms with Gasteiger partial charge in [0.2, 0.25) is 5.79 Å². The molecule has 174 valence electrons. The SMILES string of the molecule is OC[C@H]1O[C@](O)(c2ccc(Cl)c(Cc3ccc(Oc4ccncc4)cc3)c2)[C@H](O)[C@@H](O)[C@@H]1O. The number of pyridine rings is 1. The molecule has 1 fully saturated rings. The minimum absolute atomic E-state index is 0.136. The van der Waals surface area contributed by atoms with Gasteiger partial charge in [0.05, 0.1) is 6.61 Å². The van der Waals surface area contributed by atoms with Gasteiger partial charge in [-0.1, -0.05) is 29.8 Å². The summed E-state index contributed by atoms with van der Waals surface area (Å²) in [7, 11) is 0. The van der Waals surface area contributed by atoms with Crippen molar-refractivity contribution in [1.29, 1.82) is 0 Å². The van der Waals surface area contributed by atoms with Gasteiger partial charge in [0.15, 0.2) is 0 Å². The Hall–Kier alpha value is -2.56. The zero-order valence-corrected chi connectivity index (χ0v) is 18.2. The minimum atomic E-state index is -2.34. The lowest BCUT2D eigenvalue weighted by Gasteiger charge is -2.45. The van der Waals surface area contributed by atoms with Crippen LogP contribution in [0.2, 0.25) is 5.02 Å². The Kier molecular flexibility index (Phi) is 6.96. The van der Waals surface area contributed by atoms with Crippen LogP contribution in [0.15, 0.2) is 67.0 Å². The summed E-state index contributed by atoms with van der Waals surface area (Å²) in [6, 6.07) is 15.5. The van der Waals surface area contributed by atoms with E-state index in [2.05, 4.69) is 4.98 Å². The molecule has 1 aromatic heterocycles. The van der Waals surface area contributed by atoms with Gasteiger partial charge in [-0.15, -0.1) is 0 Å². The highest BCUT2D eigenvalue weighted by molar-refractivity contribution is 6.31. The molecule has 4 rings (SSSR count). The second kappa shape index (κ2) is 9.74. The molecule has 1 aliphatic rings. The Balaban J connectivity index is 1.55. The first-order chi connectivity index (χ1) is 15.8. The van der Waals surface area contributed by atoms with E-state index in [-0.39, 0.29) is 5.56 Å². The van der Waals surface area contributed by atoms with Gasteiger partial charge in [-0.05, 0) is 53.9 Å². The van der Waals surface area contributed by atoms with Gasteiger partial charge < -0.3 is 35.0 Å². The van der Waals surface area contributed by atoms with Crippen molar-refractivity contribution < 1.29 is 35.0 Å². The van der Waals surface area contributed by atoms with Crippen molar-refractivity contribution in [3.8, 4) is 11.5 Å². The molecule has 9 heteroatoms. The highest BCUT2D eigenvalue weighted by Gasteiger charge is 2.53. The summed E-state index contributed by atoms with van der Waals surface area (Å²) >= 11 is 6.37. The lowest BCUT2D eigenvalue weighted by atomic mass is 9.87. The fourth-order valence-corrected chi connectivity index (χ4v) is 3.95. The van der Waals surface area contributed by atoms with Gasteiger partial charge >= 0.3 is 0 Å². The lowest BCUT2D eigenvalue weighted by Crippen LogP contribution is -2.63. The normalized spacial score (nSPS) is 27.3. The van der Waals surface area contributed by atoms with Crippen LogP contribution >= 0.6 is 11.6 Å². The van der Waals surface area contributed by atoms with E-state index in [1.807, 2.05) is 24.3 Å². The molecule has 1 aliphatic heterocycles. The molecule has 0 bridgehead atoms. The summed E-state index contributed by atoms with van der Waals surface area (Å²) in [5.41, 5.74) is 1.69. The van der Waals surface area contributed by atoms with Gasteiger partial charge in [0.1, 0.15) is 35.9 Å². The maximum Gasteiger partial charge on any atom is 0.222 e. The number of nitrogens with zero attached hydrogens (tertiary/aromatic N) is 1. The van der Waals surface area contributed by atoms with Crippen LogP contribution in [-0.2, 0) is 16.9 Å². The molecule has 0 amide bonds. The van der Waals surface area contributed by atoms with E-state index < -0.39 is 36.8 Å². The van der Waals surface area contributed by atoms with Crippen LogP contribution in [0, 0.1) is 0 Å². The fourth-order valence-electron chi connectivity index (χ4n) is 3.76. The van der Waals surface area contributed by atoms with Crippen LogP contribution in [0.25, 0.3) is 0 Å². The number of halogens is 1. The van der Waals surface area contributed by atoms with Crippen LogP contribution in [0.1, 0.15) is 16.7 Å². The molecule has 33 heavy (non-hydrogen) atoms. The Morgan fingerprint density at radius 2 is 1.61 bits per heavy atom. The number of benzene rings is 2. The third-order valence-corrected chi connectivity index (χ3v) is 6.00. The molecular weight excluding hydrogens is 450 g/mol. The molecule has 3 aromatic rings. The highest BCUT2D eigenvalue weighted by Crippen LogP contribution is 2.38. The summed E-state index contributed by atoms with van der Waals surface area (Å²) in [5, 5.41) is 51.4. The van der Waals surface area contributed by atoms with Crippen molar-refractivity contribution in [2.24, 2.45) is 0 Å². The van der Waals surface area contributed by atoms with Crippen LogP contribution in [0.4, 0.5) is 0 Å². The topological polar surface area (TPSA) is 132 Å². The van der Waals surface area contributed by atoms with Crippen molar-refractivity contribution >= 4 is 11.6 Å². The van der Waals surface area contributed by atoms with Crippen LogP contribution < -0.4 is 4.74 Å². The van der Waals surface area contributed by atoms with Crippen LogP contribution in [0.3, 0.4) is 0 Å². The molecule has 0 aliphatic carbocycles. The Morgan fingerprint density at radius 1 is 0.939 bits per heavy atom. The minimum Gasteiger partial charge on any atom is -0.457 e. The summed E-state index contributed by atoms with van der Waals surface area (Å²) in [6.07, 6.45) is -2.69. The number of aliphatic hydroxyl groups is 5. The summed E-state index contributed by atoms with van der Waals surface area (Å²) in [5.74, 6) is -1.02. The predicted octanol–water partition coefficient (Wildman–Crippen LogP) is 1.74. The maximum absolute atomic E-state index is 11.0. The third kappa shape index (κ3) is 4.87. The average Bonchev–Trinajstić information content (AvgIpc) is 2.83. The number of aliphatic hydroxyl groups excluding tert-OH is 4. The number of hydrogen-bond acceptors (Lipinski definition) is 8. The van der Waals surface area contributed by atoms with Crippen molar-refractivity contribution in [2.75, 3.05) is 6.61 Å². The van der Waals surface area contributed by atoms with E-state index >= 15 is 0 Å². The number of rotatable bonds is 6. The molecule has 0 radical (unpaired) electrons. The van der Waals surface area contributed by atoms with E-state index in [1.165, 1.54) is 6.07 Å². The molecule has 1 saturated heterocycles. The van der Waals surface area contributed by atoms with Gasteiger partial charge in [0, 0.05) is 23.0 Å². The van der Waals surface area contributed by atoms with Crippen molar-refractivity contribution in [1.82, 2.24) is 4.98 Å². The molecule has 2 aromatic carbocycles. The highest BCUT2D eigenvalue weighted by atomic mass is 35.5. The van der Waals surface area contributed by atoms with E-state index in [9.17, 15) is 25.5 Å². The quantitative estimate of drug-likeness (QED) is 0.365. The second-order valence-electron chi connectivity index (χ2n) is 7.87. The average molecular weight is 474 g/mol. The van der Waals surface area contributed by atoms with Gasteiger partial charge in [-0.3, -0.25) is 4.98 Å². The molecule has 2 heterocycles. The van der Waals surface area contributed by atoms with E-state index in [0.29, 0.717) is 28.5 Å². The van der Waals surface area contributed by atoms with Crippen LogP contribution in [-0.4, -0.2) is 61.5 Å². The van der Waals surface area contributed by atoms with Gasteiger partial charge in [-0.25, -0.2) is 0 Å². The number of ether oxygens (including phenoxy) is 2. The molecular formula is C24H24ClNO7. The van der Waals surface area contributed by atoms with Crippen LogP contribution in [0.5, 0.6) is 11.5 Å². The number of aromatic nitrogens is 1. The first-order valence-corrected chi connectivity index (χ1v) is 10.7. The molecule has 5 atom stereocenters. The molecule has 5 N–H and O–H groups in total. The number of hydrogen-bond donors (Lipinski definition) is 5. The zero-order chi connectivity index (χ0) is 23.6. The lowest BCUT2D eigenvalue weighted by molar-refractivity contribution is -0.357. The largest absolute Gasteiger partial charge is 0.457 e. The van der Waals surface area contributed by atoms with Gasteiger partial charge in [-0.2, -0.15) is 0 Å². The molecule has 0 saturated carbocycles. The summed E-state index contributed by atoms with van der Waals surface area (Å²) in [6.45, 7) is -0.651. The van der Waals surface area contributed by atoms with Gasteiger partial charge in [0.25, 0.3) is 0 Å². The van der Waals surface area contributed by atoms with Crippen molar-refractivity contribution in [3.05, 3.63) is 88.7 Å². The van der Waals surface area contributed by atoms with E-state index in [1.54, 1.807) is 36.7 Å². The predicted molar refractivity (Wildman–Crippen MR) is 119 cm³/mol. The molecule has 0 spiro atoms. The first-order valence-electron chi connectivity index (χ1n) is 10.3. The smallest absolute Gasteiger partial charge is 0.222 e. The fraction of sp³-hybridized carbons (Fsp3) is 0.292. The maximum atomic E-state index is 11.0. The monoisotopic (exact) mass is 473 g/mol. The van der Waals surface area contributed by atoms with Crippen molar-refractivity contribution in [3.63, 3.8) is 0 Å². The Morgan fingerprint density at radius 3 is 2.27 bits per heavy atom.